The first-order chi connectivity index (χ1) is 9.93. The number of nitrogens with one attached hydrogen (secondary N) is 1. The van der Waals surface area contributed by atoms with Crippen LogP contribution in [0.1, 0.15) is 58.7 Å². The van der Waals surface area contributed by atoms with Gasteiger partial charge in [0.2, 0.25) is 0 Å². The van der Waals surface area contributed by atoms with E-state index in [0.717, 1.165) is 29.5 Å². The predicted octanol–water partition coefficient (Wildman–Crippen LogP) is 3.43. The van der Waals surface area contributed by atoms with Gasteiger partial charge in [0, 0.05) is 6.04 Å². The third-order valence-corrected chi connectivity index (χ3v) is 4.46. The van der Waals surface area contributed by atoms with Gasteiger partial charge in [0.15, 0.2) is 11.8 Å². The van der Waals surface area contributed by atoms with Crippen molar-refractivity contribution in [2.24, 2.45) is 22.6 Å². The van der Waals surface area contributed by atoms with Crippen LogP contribution in [0.15, 0.2) is 17.9 Å². The van der Waals surface area contributed by atoms with Crippen LogP contribution in [0.3, 0.4) is 0 Å². The fourth-order valence-corrected chi connectivity index (χ4v) is 2.98. The van der Waals surface area contributed by atoms with Crippen molar-refractivity contribution >= 4 is 17.5 Å². The number of rotatable bonds is 6. The minimum absolute atomic E-state index is 0.345. The standard InChI is InChI=1S/C16H27N5/c1-6-7-10(2)11(3)8-12(4)21-9-18-14-13(5)19-16(17)20-15(14)21/h9-12H,5-8H2,1-4H3,(H3,17,19,20). The Labute approximate surface area is 127 Å². The number of fused-ring (bicyclic) bond motifs is 1. The van der Waals surface area contributed by atoms with E-state index in [1.165, 1.54) is 12.8 Å². The van der Waals surface area contributed by atoms with E-state index < -0.39 is 0 Å². The van der Waals surface area contributed by atoms with Gasteiger partial charge in [-0.3, -0.25) is 0 Å². The summed E-state index contributed by atoms with van der Waals surface area (Å²) in [5, 5.41) is 2.92. The minimum Gasteiger partial charge on any atom is -0.369 e. The van der Waals surface area contributed by atoms with Gasteiger partial charge in [0.1, 0.15) is 5.69 Å². The molecular formula is C16H27N5. The highest BCUT2D eigenvalue weighted by Crippen LogP contribution is 2.33. The monoisotopic (exact) mass is 289 g/mol. The third kappa shape index (κ3) is 3.28. The van der Waals surface area contributed by atoms with E-state index in [1.807, 2.05) is 6.33 Å². The summed E-state index contributed by atoms with van der Waals surface area (Å²) in [6, 6.07) is 0.345. The molecule has 5 heteroatoms. The van der Waals surface area contributed by atoms with E-state index in [-0.39, 0.29) is 0 Å². The summed E-state index contributed by atoms with van der Waals surface area (Å²) < 4.78 is 2.11. The maximum Gasteiger partial charge on any atom is 0.199 e. The zero-order valence-electron chi connectivity index (χ0n) is 13.6. The molecule has 0 amide bonds. The molecule has 0 bridgehead atoms. The number of guanidine groups is 1. The SMILES string of the molecule is C=C1NC(N)=Nc2c1ncn2C(C)CC(C)C(C)CCC. The van der Waals surface area contributed by atoms with Crippen molar-refractivity contribution in [1.29, 1.82) is 0 Å². The largest absolute Gasteiger partial charge is 0.369 e. The molecule has 1 aromatic rings. The summed E-state index contributed by atoms with van der Waals surface area (Å²) in [5.74, 6) is 2.61. The molecule has 1 aromatic heterocycles. The van der Waals surface area contributed by atoms with Crippen LogP contribution < -0.4 is 11.1 Å². The van der Waals surface area contributed by atoms with Gasteiger partial charge in [-0.1, -0.05) is 40.2 Å². The predicted molar refractivity (Wildman–Crippen MR) is 88.2 cm³/mol. The van der Waals surface area contributed by atoms with E-state index in [2.05, 4.69) is 54.1 Å². The Balaban J connectivity index is 2.15. The Morgan fingerprint density at radius 3 is 2.71 bits per heavy atom. The lowest BCUT2D eigenvalue weighted by Crippen LogP contribution is -2.32. The van der Waals surface area contributed by atoms with Crippen molar-refractivity contribution in [2.75, 3.05) is 0 Å². The number of imidazole rings is 1. The van der Waals surface area contributed by atoms with E-state index >= 15 is 0 Å². The molecule has 0 aromatic carbocycles. The van der Waals surface area contributed by atoms with Gasteiger partial charge in [-0.25, -0.2) is 4.98 Å². The summed E-state index contributed by atoms with van der Waals surface area (Å²) in [5.41, 5.74) is 7.31. The summed E-state index contributed by atoms with van der Waals surface area (Å²) in [7, 11) is 0. The second-order valence-corrected chi connectivity index (χ2v) is 6.25. The van der Waals surface area contributed by atoms with Gasteiger partial charge < -0.3 is 15.6 Å². The maximum atomic E-state index is 5.79. The highest BCUT2D eigenvalue weighted by molar-refractivity contribution is 5.93. The molecule has 2 heterocycles. The van der Waals surface area contributed by atoms with Crippen molar-refractivity contribution in [2.45, 2.75) is 53.0 Å². The molecule has 0 saturated heterocycles. The molecule has 0 aliphatic carbocycles. The molecule has 3 unspecified atom stereocenters. The molecule has 3 atom stereocenters. The lowest BCUT2D eigenvalue weighted by Gasteiger charge is -2.25. The van der Waals surface area contributed by atoms with Crippen LogP contribution in [0.25, 0.3) is 5.70 Å². The van der Waals surface area contributed by atoms with Gasteiger partial charge in [-0.15, -0.1) is 0 Å². The normalized spacial score (nSPS) is 18.5. The van der Waals surface area contributed by atoms with Gasteiger partial charge in [-0.2, -0.15) is 4.99 Å². The van der Waals surface area contributed by atoms with E-state index in [4.69, 9.17) is 5.73 Å². The van der Waals surface area contributed by atoms with Crippen LogP contribution in [0, 0.1) is 11.8 Å². The van der Waals surface area contributed by atoms with Crippen molar-refractivity contribution in [3.8, 4) is 0 Å². The first kappa shape index (κ1) is 15.6. The Hall–Kier alpha value is -1.78. The average molecular weight is 289 g/mol. The summed E-state index contributed by atoms with van der Waals surface area (Å²) >= 11 is 0. The molecule has 21 heavy (non-hydrogen) atoms. The Bertz CT molecular complexity index is 543. The lowest BCUT2D eigenvalue weighted by molar-refractivity contribution is 0.298. The average Bonchev–Trinajstić information content (AvgIpc) is 2.82. The number of nitrogens with two attached hydrogens (primary N) is 1. The van der Waals surface area contributed by atoms with Crippen LogP contribution in [0.2, 0.25) is 0 Å². The molecular weight excluding hydrogens is 262 g/mol. The summed E-state index contributed by atoms with van der Waals surface area (Å²) in [6.07, 6.45) is 5.48. The second-order valence-electron chi connectivity index (χ2n) is 6.25. The molecule has 1 aliphatic heterocycles. The van der Waals surface area contributed by atoms with Crippen LogP contribution in [-0.2, 0) is 0 Å². The van der Waals surface area contributed by atoms with Gasteiger partial charge in [-0.05, 0) is 25.2 Å². The number of aromatic nitrogens is 2. The summed E-state index contributed by atoms with van der Waals surface area (Å²) in [4.78, 5) is 8.81. The lowest BCUT2D eigenvalue weighted by atomic mass is 9.87. The molecule has 3 N–H and O–H groups in total. The molecule has 0 saturated carbocycles. The van der Waals surface area contributed by atoms with E-state index in [9.17, 15) is 0 Å². The van der Waals surface area contributed by atoms with Crippen LogP contribution in [-0.4, -0.2) is 15.5 Å². The van der Waals surface area contributed by atoms with E-state index in [1.54, 1.807) is 0 Å². The van der Waals surface area contributed by atoms with Crippen molar-refractivity contribution in [1.82, 2.24) is 14.9 Å². The van der Waals surface area contributed by atoms with Crippen LogP contribution in [0.4, 0.5) is 5.82 Å². The Kier molecular flexibility index (Phi) is 4.70. The molecule has 0 radical (unpaired) electrons. The fourth-order valence-electron chi connectivity index (χ4n) is 2.98. The minimum atomic E-state index is 0.345. The quantitative estimate of drug-likeness (QED) is 0.843. The molecule has 2 rings (SSSR count). The van der Waals surface area contributed by atoms with Crippen molar-refractivity contribution < 1.29 is 0 Å². The fraction of sp³-hybridized carbons (Fsp3) is 0.625. The van der Waals surface area contributed by atoms with Gasteiger partial charge >= 0.3 is 0 Å². The first-order valence-electron chi connectivity index (χ1n) is 7.81. The van der Waals surface area contributed by atoms with Crippen molar-refractivity contribution in [3.05, 3.63) is 18.6 Å². The highest BCUT2D eigenvalue weighted by Gasteiger charge is 2.23. The number of hydrogen-bond acceptors (Lipinski definition) is 4. The van der Waals surface area contributed by atoms with Gasteiger partial charge in [0.05, 0.1) is 12.0 Å². The van der Waals surface area contributed by atoms with Crippen molar-refractivity contribution in [3.63, 3.8) is 0 Å². The highest BCUT2D eigenvalue weighted by atomic mass is 15.2. The molecule has 116 valence electrons. The first-order valence-corrected chi connectivity index (χ1v) is 7.81. The smallest absolute Gasteiger partial charge is 0.199 e. The van der Waals surface area contributed by atoms with Crippen LogP contribution in [0.5, 0.6) is 0 Å². The number of hydrogen-bond donors (Lipinski definition) is 2. The zero-order chi connectivity index (χ0) is 15.6. The van der Waals surface area contributed by atoms with E-state index in [0.29, 0.717) is 17.9 Å². The second kappa shape index (κ2) is 6.33. The number of aliphatic imine (C=N–C) groups is 1. The Morgan fingerprint density at radius 2 is 2.05 bits per heavy atom. The molecule has 0 fully saturated rings. The van der Waals surface area contributed by atoms with Crippen LogP contribution >= 0.6 is 0 Å². The zero-order valence-corrected chi connectivity index (χ0v) is 13.6. The topological polar surface area (TPSA) is 68.2 Å². The molecule has 1 aliphatic rings. The van der Waals surface area contributed by atoms with Gasteiger partial charge in [0.25, 0.3) is 0 Å². The maximum absolute atomic E-state index is 5.79. The number of nitrogens with zero attached hydrogens (tertiary/aromatic N) is 3. The third-order valence-electron chi connectivity index (χ3n) is 4.46. The molecule has 5 nitrogen and oxygen atoms in total. The Morgan fingerprint density at radius 1 is 1.33 bits per heavy atom. The molecule has 0 spiro atoms. The summed E-state index contributed by atoms with van der Waals surface area (Å²) in [6.45, 7) is 13.1.